The first-order valence-electron chi connectivity index (χ1n) is 6.73. The van der Waals surface area contributed by atoms with Gasteiger partial charge in [0.15, 0.2) is 5.96 Å². The number of aliphatic imine (C=N–C) groups is 1. The van der Waals surface area contributed by atoms with Gasteiger partial charge in [-0.25, -0.2) is 12.8 Å². The van der Waals surface area contributed by atoms with Gasteiger partial charge < -0.3 is 10.2 Å². The lowest BCUT2D eigenvalue weighted by molar-refractivity contribution is 0.477. The molecule has 0 saturated heterocycles. The normalized spacial score (nSPS) is 11.7. The first-order valence-corrected chi connectivity index (χ1v) is 8.79. The average molecular weight is 443 g/mol. The summed E-state index contributed by atoms with van der Waals surface area (Å²) in [6.07, 6.45) is 1.19. The molecular weight excluding hydrogens is 420 g/mol. The van der Waals surface area contributed by atoms with Gasteiger partial charge in [-0.15, -0.1) is 24.0 Å². The molecule has 0 fully saturated rings. The topological polar surface area (TPSA) is 61.8 Å². The van der Waals surface area contributed by atoms with Gasteiger partial charge in [0, 0.05) is 26.4 Å². The largest absolute Gasteiger partial charge is 0.357 e. The Morgan fingerprint density at radius 2 is 1.91 bits per heavy atom. The van der Waals surface area contributed by atoms with Crippen LogP contribution < -0.4 is 5.32 Å². The van der Waals surface area contributed by atoms with Crippen LogP contribution in [0.15, 0.2) is 29.3 Å². The highest BCUT2D eigenvalue weighted by Gasteiger charge is 2.07. The SMILES string of the molecule is CCNC(=NCCS(C)(=O)=O)N(C)Cc1ccc(F)cc1.I. The van der Waals surface area contributed by atoms with E-state index in [0.29, 0.717) is 19.0 Å². The van der Waals surface area contributed by atoms with Crippen LogP contribution in [-0.4, -0.2) is 51.4 Å². The second-order valence-corrected chi connectivity index (χ2v) is 7.11. The maximum atomic E-state index is 12.9. The molecule has 0 amide bonds. The first kappa shape index (κ1) is 21.1. The molecule has 1 rings (SSSR count). The Bertz CT molecular complexity index is 576. The third-order valence-electron chi connectivity index (χ3n) is 2.75. The minimum absolute atomic E-state index is 0. The Morgan fingerprint density at radius 1 is 1.32 bits per heavy atom. The van der Waals surface area contributed by atoms with Gasteiger partial charge in [0.1, 0.15) is 15.7 Å². The Labute approximate surface area is 148 Å². The summed E-state index contributed by atoms with van der Waals surface area (Å²) in [5.74, 6) is 0.382. The number of nitrogens with one attached hydrogen (secondary N) is 1. The lowest BCUT2D eigenvalue weighted by Gasteiger charge is -2.22. The zero-order chi connectivity index (χ0) is 15.9. The van der Waals surface area contributed by atoms with Crippen molar-refractivity contribution in [2.45, 2.75) is 13.5 Å². The maximum Gasteiger partial charge on any atom is 0.193 e. The highest BCUT2D eigenvalue weighted by molar-refractivity contribution is 14.0. The van der Waals surface area contributed by atoms with Gasteiger partial charge >= 0.3 is 0 Å². The Balaban J connectivity index is 0.00000441. The zero-order valence-electron chi connectivity index (χ0n) is 13.0. The van der Waals surface area contributed by atoms with Gasteiger partial charge in [0.2, 0.25) is 0 Å². The van der Waals surface area contributed by atoms with Crippen molar-refractivity contribution < 1.29 is 12.8 Å². The smallest absolute Gasteiger partial charge is 0.193 e. The molecule has 0 aromatic heterocycles. The van der Waals surface area contributed by atoms with Crippen LogP contribution in [0.5, 0.6) is 0 Å². The molecule has 0 saturated carbocycles. The number of hydrogen-bond acceptors (Lipinski definition) is 3. The number of sulfone groups is 1. The molecule has 1 N–H and O–H groups in total. The predicted octanol–water partition coefficient (Wildman–Crippen LogP) is 1.89. The van der Waals surface area contributed by atoms with Gasteiger partial charge in [-0.1, -0.05) is 12.1 Å². The van der Waals surface area contributed by atoms with E-state index in [9.17, 15) is 12.8 Å². The molecule has 126 valence electrons. The quantitative estimate of drug-likeness (QED) is 0.415. The number of nitrogens with zero attached hydrogens (tertiary/aromatic N) is 2. The van der Waals surface area contributed by atoms with Gasteiger partial charge in [0.25, 0.3) is 0 Å². The molecule has 0 atom stereocenters. The van der Waals surface area contributed by atoms with E-state index in [-0.39, 0.29) is 42.1 Å². The number of halogens is 2. The summed E-state index contributed by atoms with van der Waals surface area (Å²) in [5, 5.41) is 3.11. The Hall–Kier alpha value is -0.900. The van der Waals surface area contributed by atoms with Crippen LogP contribution in [0.4, 0.5) is 4.39 Å². The van der Waals surface area contributed by atoms with Gasteiger partial charge in [-0.3, -0.25) is 4.99 Å². The fraction of sp³-hybridized carbons (Fsp3) is 0.500. The van der Waals surface area contributed by atoms with Crippen LogP contribution >= 0.6 is 24.0 Å². The summed E-state index contributed by atoms with van der Waals surface area (Å²) in [5.41, 5.74) is 0.951. The summed E-state index contributed by atoms with van der Waals surface area (Å²) in [7, 11) is -1.17. The summed E-state index contributed by atoms with van der Waals surface area (Å²) in [4.78, 5) is 6.16. The summed E-state index contributed by atoms with van der Waals surface area (Å²) >= 11 is 0. The summed E-state index contributed by atoms with van der Waals surface area (Å²) in [6, 6.07) is 6.26. The molecule has 22 heavy (non-hydrogen) atoms. The fourth-order valence-electron chi connectivity index (χ4n) is 1.73. The molecule has 0 bridgehead atoms. The minimum atomic E-state index is -3.02. The van der Waals surface area contributed by atoms with E-state index in [1.54, 1.807) is 12.1 Å². The van der Waals surface area contributed by atoms with Gasteiger partial charge in [-0.2, -0.15) is 0 Å². The van der Waals surface area contributed by atoms with Crippen molar-refractivity contribution in [1.29, 1.82) is 0 Å². The van der Waals surface area contributed by atoms with E-state index >= 15 is 0 Å². The summed E-state index contributed by atoms with van der Waals surface area (Å²) < 4.78 is 35.1. The van der Waals surface area contributed by atoms with Crippen LogP contribution in [0.3, 0.4) is 0 Å². The van der Waals surface area contributed by atoms with E-state index in [1.807, 2.05) is 18.9 Å². The third kappa shape index (κ3) is 8.52. The van der Waals surface area contributed by atoms with Crippen molar-refractivity contribution in [3.63, 3.8) is 0 Å². The van der Waals surface area contributed by atoms with E-state index in [4.69, 9.17) is 0 Å². The second kappa shape index (κ2) is 9.98. The molecule has 8 heteroatoms. The van der Waals surface area contributed by atoms with E-state index in [0.717, 1.165) is 5.56 Å². The fourth-order valence-corrected chi connectivity index (χ4v) is 2.15. The summed E-state index contributed by atoms with van der Waals surface area (Å²) in [6.45, 7) is 3.41. The highest BCUT2D eigenvalue weighted by atomic mass is 127. The predicted molar refractivity (Wildman–Crippen MR) is 99.0 cm³/mol. The molecule has 0 heterocycles. The van der Waals surface area contributed by atoms with E-state index < -0.39 is 9.84 Å². The zero-order valence-corrected chi connectivity index (χ0v) is 16.2. The third-order valence-corrected chi connectivity index (χ3v) is 3.68. The maximum absolute atomic E-state index is 12.9. The van der Waals surface area contributed by atoms with Crippen LogP contribution in [0.2, 0.25) is 0 Å². The minimum Gasteiger partial charge on any atom is -0.357 e. The van der Waals surface area contributed by atoms with Crippen molar-refractivity contribution in [3.05, 3.63) is 35.6 Å². The molecule has 0 aliphatic heterocycles. The number of rotatable bonds is 6. The van der Waals surface area contributed by atoms with Crippen LogP contribution in [0, 0.1) is 5.82 Å². The Kier molecular flexibility index (Phi) is 9.58. The van der Waals surface area contributed by atoms with Gasteiger partial charge in [-0.05, 0) is 24.6 Å². The molecule has 0 unspecified atom stereocenters. The van der Waals surface area contributed by atoms with Gasteiger partial charge in [0.05, 0.1) is 12.3 Å². The molecule has 0 radical (unpaired) electrons. The number of guanidine groups is 1. The van der Waals surface area contributed by atoms with Crippen molar-refractivity contribution in [1.82, 2.24) is 10.2 Å². The Morgan fingerprint density at radius 3 is 2.41 bits per heavy atom. The van der Waals surface area contributed by atoms with Crippen molar-refractivity contribution in [2.75, 3.05) is 32.1 Å². The number of hydrogen-bond donors (Lipinski definition) is 1. The van der Waals surface area contributed by atoms with Crippen molar-refractivity contribution in [3.8, 4) is 0 Å². The molecule has 1 aromatic rings. The highest BCUT2D eigenvalue weighted by Crippen LogP contribution is 2.05. The monoisotopic (exact) mass is 443 g/mol. The average Bonchev–Trinajstić information content (AvgIpc) is 2.39. The van der Waals surface area contributed by atoms with E-state index in [2.05, 4.69) is 10.3 Å². The lowest BCUT2D eigenvalue weighted by Crippen LogP contribution is -2.38. The van der Waals surface area contributed by atoms with Crippen molar-refractivity contribution >= 4 is 39.8 Å². The van der Waals surface area contributed by atoms with Crippen LogP contribution in [-0.2, 0) is 16.4 Å². The molecule has 5 nitrogen and oxygen atoms in total. The van der Waals surface area contributed by atoms with Crippen LogP contribution in [0.1, 0.15) is 12.5 Å². The lowest BCUT2D eigenvalue weighted by atomic mass is 10.2. The van der Waals surface area contributed by atoms with E-state index in [1.165, 1.54) is 18.4 Å². The molecule has 1 aromatic carbocycles. The standard InChI is InChI=1S/C14H22FN3O2S.HI/c1-4-16-14(17-9-10-21(3,19)20)18(2)11-12-5-7-13(15)8-6-12;/h5-8H,4,9-11H2,1-3H3,(H,16,17);1H. The number of benzene rings is 1. The molecule has 0 aliphatic rings. The first-order chi connectivity index (χ1) is 9.81. The molecule has 0 aliphatic carbocycles. The molecule has 0 spiro atoms. The second-order valence-electron chi connectivity index (χ2n) is 4.85. The van der Waals surface area contributed by atoms with Crippen molar-refractivity contribution in [2.24, 2.45) is 4.99 Å². The van der Waals surface area contributed by atoms with Crippen LogP contribution in [0.25, 0.3) is 0 Å². The molecular formula is C14H23FIN3O2S.